The van der Waals surface area contributed by atoms with Crippen LogP contribution in [0.5, 0.6) is 0 Å². The fraction of sp³-hybridized carbons (Fsp3) is 1.00. The summed E-state index contributed by atoms with van der Waals surface area (Å²) in [6, 6.07) is 1.35. The van der Waals surface area contributed by atoms with E-state index >= 15 is 0 Å². The topological polar surface area (TPSA) is 6.48 Å². The molecule has 0 aromatic heterocycles. The highest BCUT2D eigenvalue weighted by atomic mass is 28.3. The Labute approximate surface area is 111 Å². The van der Waals surface area contributed by atoms with E-state index in [9.17, 15) is 0 Å². The van der Waals surface area contributed by atoms with Crippen LogP contribution in [0.1, 0.15) is 54.9 Å². The van der Waals surface area contributed by atoms with Crippen LogP contribution in [0.15, 0.2) is 0 Å². The molecule has 0 heterocycles. The summed E-state index contributed by atoms with van der Waals surface area (Å²) < 4.78 is 5.60. The zero-order chi connectivity index (χ0) is 13.5. The third kappa shape index (κ3) is 3.33. The molecule has 1 atom stereocenters. The predicted octanol–water partition coefficient (Wildman–Crippen LogP) is 3.93. The van der Waals surface area contributed by atoms with Crippen molar-refractivity contribution in [3.63, 3.8) is 0 Å². The molecule has 0 spiro atoms. The van der Waals surface area contributed by atoms with E-state index in [1.165, 1.54) is 38.6 Å². The third-order valence-electron chi connectivity index (χ3n) is 4.54. The van der Waals surface area contributed by atoms with E-state index in [-0.39, 0.29) is 0 Å². The minimum Gasteiger partial charge on any atom is -0.312 e. The number of hydrogen-bond donors (Lipinski definition) is 0. The van der Waals surface area contributed by atoms with Crippen LogP contribution in [-0.2, 0) is 0 Å². The van der Waals surface area contributed by atoms with Gasteiger partial charge in [-0.1, -0.05) is 54.9 Å². The lowest BCUT2D eigenvalue weighted by Crippen LogP contribution is -2.67. The summed E-state index contributed by atoms with van der Waals surface area (Å²) in [5, 5.41) is 0. The zero-order valence-corrected chi connectivity index (χ0v) is 14.2. The van der Waals surface area contributed by atoms with E-state index in [4.69, 9.17) is 0 Å². The van der Waals surface area contributed by atoms with E-state index in [0.717, 1.165) is 5.54 Å². The molecular formula is C14H34N2Si. The first-order valence-electron chi connectivity index (χ1n) is 7.58. The van der Waals surface area contributed by atoms with Gasteiger partial charge in [0.25, 0.3) is 0 Å². The Morgan fingerprint density at radius 3 is 1.29 bits per heavy atom. The largest absolute Gasteiger partial charge is 0.312 e. The molecule has 104 valence electrons. The van der Waals surface area contributed by atoms with Gasteiger partial charge in [0.15, 0.2) is 0 Å². The van der Waals surface area contributed by atoms with Crippen molar-refractivity contribution >= 4 is 8.40 Å². The Bertz CT molecular complexity index is 177. The van der Waals surface area contributed by atoms with Gasteiger partial charge in [0.2, 0.25) is 8.40 Å². The highest BCUT2D eigenvalue weighted by Gasteiger charge is 2.45. The Morgan fingerprint density at radius 1 is 0.765 bits per heavy atom. The smallest absolute Gasteiger partial charge is 0.209 e. The van der Waals surface area contributed by atoms with Crippen molar-refractivity contribution in [1.29, 1.82) is 0 Å². The molecule has 0 aliphatic rings. The molecule has 0 aromatic rings. The fourth-order valence-electron chi connectivity index (χ4n) is 3.49. The second-order valence-electron chi connectivity index (χ2n) is 4.89. The highest BCUT2D eigenvalue weighted by Crippen LogP contribution is 2.34. The summed E-state index contributed by atoms with van der Waals surface area (Å²) >= 11 is 0. The number of nitrogens with zero attached hydrogens (tertiary/aromatic N) is 2. The number of rotatable bonds is 9. The Kier molecular flexibility index (Phi) is 8.34. The maximum Gasteiger partial charge on any atom is 0.209 e. The first kappa shape index (κ1) is 17.1. The van der Waals surface area contributed by atoms with Gasteiger partial charge in [0.1, 0.15) is 0 Å². The normalized spacial score (nSPS) is 14.6. The quantitative estimate of drug-likeness (QED) is 0.578. The minimum atomic E-state index is -1.47. The van der Waals surface area contributed by atoms with Crippen molar-refractivity contribution in [3.8, 4) is 0 Å². The van der Waals surface area contributed by atoms with Crippen molar-refractivity contribution in [1.82, 2.24) is 9.13 Å². The lowest BCUT2D eigenvalue weighted by Gasteiger charge is -2.51. The molecule has 3 heteroatoms. The van der Waals surface area contributed by atoms with Gasteiger partial charge >= 0.3 is 0 Å². The fourth-order valence-corrected chi connectivity index (χ4v) is 9.57. The monoisotopic (exact) mass is 258 g/mol. The van der Waals surface area contributed by atoms with Crippen LogP contribution in [-0.4, -0.2) is 43.7 Å². The second kappa shape index (κ2) is 8.28. The van der Waals surface area contributed by atoms with Crippen LogP contribution in [0.3, 0.4) is 0 Å². The molecule has 0 amide bonds. The molecule has 2 nitrogen and oxygen atoms in total. The Morgan fingerprint density at radius 2 is 1.12 bits per heavy atom. The predicted molar refractivity (Wildman–Crippen MR) is 81.8 cm³/mol. The maximum absolute atomic E-state index is 2.80. The van der Waals surface area contributed by atoms with Gasteiger partial charge in [0, 0.05) is 0 Å². The van der Waals surface area contributed by atoms with Crippen LogP contribution < -0.4 is 0 Å². The summed E-state index contributed by atoms with van der Waals surface area (Å²) in [5.74, 6) is 0. The molecule has 1 unspecified atom stereocenters. The summed E-state index contributed by atoms with van der Waals surface area (Å²) in [4.78, 5) is 0. The lowest BCUT2D eigenvalue weighted by molar-refractivity contribution is 0.335. The first-order valence-corrected chi connectivity index (χ1v) is 9.76. The molecule has 0 rings (SSSR count). The SMILES string of the molecule is CCC(C)[Si](CC)(N(CC)CC)N(CC)CC. The van der Waals surface area contributed by atoms with Gasteiger partial charge in [-0.25, -0.2) is 0 Å². The molecule has 0 N–H and O–H groups in total. The summed E-state index contributed by atoms with van der Waals surface area (Å²) in [6.45, 7) is 21.4. The van der Waals surface area contributed by atoms with Gasteiger partial charge in [-0.2, -0.15) is 0 Å². The molecule has 0 saturated carbocycles. The van der Waals surface area contributed by atoms with Gasteiger partial charge < -0.3 is 9.13 Å². The van der Waals surface area contributed by atoms with E-state index < -0.39 is 8.40 Å². The molecule has 0 saturated heterocycles. The van der Waals surface area contributed by atoms with E-state index in [0.29, 0.717) is 0 Å². The molecule has 0 radical (unpaired) electrons. The van der Waals surface area contributed by atoms with Gasteiger partial charge in [-0.15, -0.1) is 0 Å². The summed E-state index contributed by atoms with van der Waals surface area (Å²) in [5.41, 5.74) is 0.854. The van der Waals surface area contributed by atoms with Gasteiger partial charge in [-0.3, -0.25) is 0 Å². The number of hydrogen-bond acceptors (Lipinski definition) is 2. The van der Waals surface area contributed by atoms with Crippen molar-refractivity contribution < 1.29 is 0 Å². The van der Waals surface area contributed by atoms with Crippen molar-refractivity contribution in [2.45, 2.75) is 66.5 Å². The maximum atomic E-state index is 2.80. The van der Waals surface area contributed by atoms with Gasteiger partial charge in [0.05, 0.1) is 0 Å². The van der Waals surface area contributed by atoms with Crippen LogP contribution >= 0.6 is 0 Å². The average molecular weight is 259 g/mol. The van der Waals surface area contributed by atoms with Crippen molar-refractivity contribution in [3.05, 3.63) is 0 Å². The minimum absolute atomic E-state index is 0.854. The molecule has 0 aliphatic heterocycles. The van der Waals surface area contributed by atoms with Crippen LogP contribution in [0, 0.1) is 0 Å². The molecule has 17 heavy (non-hydrogen) atoms. The van der Waals surface area contributed by atoms with Crippen LogP contribution in [0.4, 0.5) is 0 Å². The van der Waals surface area contributed by atoms with E-state index in [2.05, 4.69) is 57.6 Å². The van der Waals surface area contributed by atoms with E-state index in [1.54, 1.807) is 0 Å². The summed E-state index contributed by atoms with van der Waals surface area (Å²) in [7, 11) is -1.47. The first-order chi connectivity index (χ1) is 8.08. The van der Waals surface area contributed by atoms with Gasteiger partial charge in [-0.05, 0) is 37.8 Å². The van der Waals surface area contributed by atoms with Crippen LogP contribution in [0.25, 0.3) is 0 Å². The molecule has 0 aliphatic carbocycles. The molecular weight excluding hydrogens is 224 g/mol. The van der Waals surface area contributed by atoms with Crippen molar-refractivity contribution in [2.75, 3.05) is 26.2 Å². The summed E-state index contributed by atoms with van der Waals surface area (Å²) in [6.07, 6.45) is 1.31. The lowest BCUT2D eigenvalue weighted by atomic mass is 10.4. The Hall–Kier alpha value is 0.137. The van der Waals surface area contributed by atoms with Crippen molar-refractivity contribution in [2.24, 2.45) is 0 Å². The highest BCUT2D eigenvalue weighted by molar-refractivity contribution is 6.75. The Balaban J connectivity index is 5.40. The van der Waals surface area contributed by atoms with Crippen LogP contribution in [0.2, 0.25) is 11.6 Å². The molecule has 0 bridgehead atoms. The zero-order valence-electron chi connectivity index (χ0n) is 13.2. The molecule has 0 aromatic carbocycles. The average Bonchev–Trinajstić information content (AvgIpc) is 2.38. The molecule has 0 fully saturated rings. The standard InChI is InChI=1S/C14H34N2Si/c1-8-14(7)17(13-6,15(9-2)10-3)16(11-4)12-5/h14H,8-13H2,1-7H3. The second-order valence-corrected chi connectivity index (χ2v) is 9.60. The van der Waals surface area contributed by atoms with E-state index in [1.807, 2.05) is 0 Å². The third-order valence-corrected chi connectivity index (χ3v) is 11.0.